The summed E-state index contributed by atoms with van der Waals surface area (Å²) in [5.41, 5.74) is -0.726. The summed E-state index contributed by atoms with van der Waals surface area (Å²) in [4.78, 5) is 0. The van der Waals surface area contributed by atoms with E-state index in [2.05, 4.69) is 5.32 Å². The van der Waals surface area contributed by atoms with Gasteiger partial charge in [-0.1, -0.05) is 33.8 Å². The van der Waals surface area contributed by atoms with Crippen LogP contribution in [-0.4, -0.2) is 6.54 Å². The molecule has 0 bridgehead atoms. The molecule has 0 spiro atoms. The van der Waals surface area contributed by atoms with E-state index in [0.29, 0.717) is 18.0 Å². The summed E-state index contributed by atoms with van der Waals surface area (Å²) in [6, 6.07) is 3.02. The average molecular weight is 291 g/mol. The number of rotatable bonds is 5. The molecule has 1 nitrogen and oxygen atoms in total. The number of hydrogen-bond acceptors (Lipinski definition) is 1. The smallest absolute Gasteiger partial charge is 0.310 e. The summed E-state index contributed by atoms with van der Waals surface area (Å²) in [6.45, 7) is 8.55. The molecule has 20 heavy (non-hydrogen) atoms. The first kappa shape index (κ1) is 17.0. The van der Waals surface area contributed by atoms with Gasteiger partial charge >= 0.3 is 6.18 Å². The van der Waals surface area contributed by atoms with Crippen molar-refractivity contribution in [2.75, 3.05) is 6.54 Å². The minimum Gasteiger partial charge on any atom is -0.310 e. The molecule has 0 aromatic heterocycles. The van der Waals surface area contributed by atoms with E-state index in [1.54, 1.807) is 0 Å². The second kappa shape index (κ2) is 6.57. The van der Waals surface area contributed by atoms with E-state index in [-0.39, 0.29) is 12.0 Å². The molecular weight excluding hydrogens is 270 g/mol. The van der Waals surface area contributed by atoms with E-state index in [4.69, 9.17) is 0 Å². The lowest BCUT2D eigenvalue weighted by Gasteiger charge is -2.28. The minimum atomic E-state index is -4.67. The molecule has 0 aliphatic heterocycles. The molecule has 2 unspecified atom stereocenters. The van der Waals surface area contributed by atoms with E-state index >= 15 is 0 Å². The van der Waals surface area contributed by atoms with Gasteiger partial charge in [0.05, 0.1) is 5.56 Å². The van der Waals surface area contributed by atoms with Crippen LogP contribution < -0.4 is 5.32 Å². The summed E-state index contributed by atoms with van der Waals surface area (Å²) in [7, 11) is 0. The highest BCUT2D eigenvalue weighted by molar-refractivity contribution is 5.30. The van der Waals surface area contributed by atoms with E-state index < -0.39 is 17.6 Å². The van der Waals surface area contributed by atoms with Gasteiger partial charge in [-0.05, 0) is 36.1 Å². The molecule has 1 aromatic rings. The third kappa shape index (κ3) is 3.95. The highest BCUT2D eigenvalue weighted by Gasteiger charge is 2.35. The predicted molar refractivity (Wildman–Crippen MR) is 71.8 cm³/mol. The third-order valence-corrected chi connectivity index (χ3v) is 3.66. The molecule has 0 amide bonds. The summed E-state index contributed by atoms with van der Waals surface area (Å²) >= 11 is 0. The highest BCUT2D eigenvalue weighted by atomic mass is 19.4. The molecular formula is C15H21F4N. The minimum absolute atomic E-state index is 0.140. The molecule has 114 valence electrons. The first-order valence-corrected chi connectivity index (χ1v) is 6.78. The fourth-order valence-electron chi connectivity index (χ4n) is 2.17. The molecule has 0 radical (unpaired) electrons. The lowest BCUT2D eigenvalue weighted by molar-refractivity contribution is -0.140. The monoisotopic (exact) mass is 291 g/mol. The fraction of sp³-hybridized carbons (Fsp3) is 0.600. The number of nitrogens with one attached hydrogen (secondary N) is 1. The Balaban J connectivity index is 3.21. The van der Waals surface area contributed by atoms with Crippen molar-refractivity contribution >= 4 is 0 Å². The fourth-order valence-corrected chi connectivity index (χ4v) is 2.17. The van der Waals surface area contributed by atoms with Crippen molar-refractivity contribution in [3.63, 3.8) is 0 Å². The Bertz CT molecular complexity index is 440. The van der Waals surface area contributed by atoms with Crippen molar-refractivity contribution in [3.8, 4) is 0 Å². The van der Waals surface area contributed by atoms with Gasteiger partial charge in [0.25, 0.3) is 0 Å². The van der Waals surface area contributed by atoms with Gasteiger partial charge in [-0.2, -0.15) is 13.2 Å². The van der Waals surface area contributed by atoms with E-state index in [0.717, 1.165) is 12.1 Å². The number of benzene rings is 1. The number of alkyl halides is 3. The third-order valence-electron chi connectivity index (χ3n) is 3.66. The van der Waals surface area contributed by atoms with Gasteiger partial charge in [0.2, 0.25) is 0 Å². The zero-order valence-corrected chi connectivity index (χ0v) is 12.2. The van der Waals surface area contributed by atoms with Gasteiger partial charge in [0.15, 0.2) is 0 Å². The Labute approximate surface area is 117 Å². The van der Waals surface area contributed by atoms with Gasteiger partial charge in [0.1, 0.15) is 5.82 Å². The van der Waals surface area contributed by atoms with Crippen LogP contribution in [0.15, 0.2) is 18.2 Å². The van der Waals surface area contributed by atoms with Crippen LogP contribution >= 0.6 is 0 Å². The van der Waals surface area contributed by atoms with Crippen LogP contribution in [0.25, 0.3) is 0 Å². The predicted octanol–water partition coefficient (Wildman–Crippen LogP) is 4.79. The maximum Gasteiger partial charge on any atom is 0.419 e. The van der Waals surface area contributed by atoms with E-state index in [1.165, 1.54) is 6.07 Å². The summed E-state index contributed by atoms with van der Waals surface area (Å²) in [6.07, 6.45) is -4.67. The maximum atomic E-state index is 13.3. The average Bonchev–Trinajstić information content (AvgIpc) is 2.34. The number of halogens is 4. The van der Waals surface area contributed by atoms with Crippen LogP contribution in [0.1, 0.15) is 44.9 Å². The molecule has 1 N–H and O–H groups in total. The van der Waals surface area contributed by atoms with Crippen molar-refractivity contribution in [1.82, 2.24) is 5.32 Å². The zero-order valence-electron chi connectivity index (χ0n) is 12.2. The molecule has 1 rings (SSSR count). The van der Waals surface area contributed by atoms with Gasteiger partial charge < -0.3 is 5.32 Å². The largest absolute Gasteiger partial charge is 0.419 e. The van der Waals surface area contributed by atoms with Gasteiger partial charge in [-0.15, -0.1) is 0 Å². The van der Waals surface area contributed by atoms with Crippen molar-refractivity contribution in [3.05, 3.63) is 35.1 Å². The maximum absolute atomic E-state index is 13.3. The highest BCUT2D eigenvalue weighted by Crippen LogP contribution is 2.35. The standard InChI is InChI=1S/C15H21F4N/c1-5-20-14(10(4)9(2)3)11-6-7-13(16)12(8-11)15(17,18)19/h6-10,14,20H,5H2,1-4H3. The van der Waals surface area contributed by atoms with Crippen molar-refractivity contribution in [1.29, 1.82) is 0 Å². The lowest BCUT2D eigenvalue weighted by Crippen LogP contribution is -2.29. The van der Waals surface area contributed by atoms with E-state index in [9.17, 15) is 17.6 Å². The quantitative estimate of drug-likeness (QED) is 0.769. The summed E-state index contributed by atoms with van der Waals surface area (Å²) < 4.78 is 51.7. The molecule has 2 atom stereocenters. The second-order valence-electron chi connectivity index (χ2n) is 5.38. The Morgan fingerprint density at radius 3 is 2.20 bits per heavy atom. The van der Waals surface area contributed by atoms with Gasteiger partial charge in [-0.3, -0.25) is 0 Å². The first-order valence-electron chi connectivity index (χ1n) is 6.78. The SMILES string of the molecule is CCNC(c1ccc(F)c(C(F)(F)F)c1)C(C)C(C)C. The lowest BCUT2D eigenvalue weighted by atomic mass is 9.85. The number of hydrogen-bond donors (Lipinski definition) is 1. The van der Waals surface area contributed by atoms with Crippen molar-refractivity contribution < 1.29 is 17.6 Å². The zero-order chi connectivity index (χ0) is 15.5. The van der Waals surface area contributed by atoms with E-state index in [1.807, 2.05) is 27.7 Å². The Kier molecular flexibility index (Phi) is 5.57. The van der Waals surface area contributed by atoms with Crippen LogP contribution in [0.2, 0.25) is 0 Å². The van der Waals surface area contributed by atoms with Gasteiger partial charge in [-0.25, -0.2) is 4.39 Å². The van der Waals surface area contributed by atoms with Crippen molar-refractivity contribution in [2.45, 2.75) is 39.9 Å². The van der Waals surface area contributed by atoms with Crippen LogP contribution in [0.3, 0.4) is 0 Å². The topological polar surface area (TPSA) is 12.0 Å². The molecule has 0 aliphatic carbocycles. The van der Waals surface area contributed by atoms with Crippen molar-refractivity contribution in [2.24, 2.45) is 11.8 Å². The Morgan fingerprint density at radius 1 is 1.15 bits per heavy atom. The van der Waals surface area contributed by atoms with Crippen LogP contribution in [0, 0.1) is 17.7 Å². The Morgan fingerprint density at radius 2 is 1.75 bits per heavy atom. The summed E-state index contributed by atoms with van der Waals surface area (Å²) in [5, 5.41) is 3.19. The molecule has 5 heteroatoms. The van der Waals surface area contributed by atoms with Gasteiger partial charge in [0, 0.05) is 6.04 Å². The summed E-state index contributed by atoms with van der Waals surface area (Å²) in [5.74, 6) is -0.784. The first-order chi connectivity index (χ1) is 9.18. The van der Waals surface area contributed by atoms with Crippen LogP contribution in [0.4, 0.5) is 17.6 Å². The molecule has 0 fully saturated rings. The Hall–Kier alpha value is -1.10. The normalized spacial score (nSPS) is 15.4. The molecule has 1 aromatic carbocycles. The molecule has 0 heterocycles. The second-order valence-corrected chi connectivity index (χ2v) is 5.38. The molecule has 0 saturated heterocycles. The van der Waals surface area contributed by atoms with Crippen LogP contribution in [-0.2, 0) is 6.18 Å². The molecule has 0 aliphatic rings. The molecule has 0 saturated carbocycles. The van der Waals surface area contributed by atoms with Crippen LogP contribution in [0.5, 0.6) is 0 Å².